The first-order valence-corrected chi connectivity index (χ1v) is 13.8. The average Bonchev–Trinajstić information content (AvgIpc) is 2.86. The van der Waals surface area contributed by atoms with E-state index in [1.807, 2.05) is 12.1 Å². The molecule has 0 atom stereocenters. The standard InChI is InChI=1S/C30H38ClF3O/c1-2-3-21-4-6-22(7-5-21)8-9-23-10-12-24(13-11-23)25-14-17-27(18-15-25)35-30(33,34)26-16-19-28(31)29(32)20-26/h14-24H,2-13H2,1H3. The van der Waals surface area contributed by atoms with Gasteiger partial charge in [-0.05, 0) is 85.3 Å². The quantitative estimate of drug-likeness (QED) is 0.328. The van der Waals surface area contributed by atoms with Crippen LogP contribution in [0.3, 0.4) is 0 Å². The Balaban J connectivity index is 1.22. The largest absolute Gasteiger partial charge is 0.429 e. The topological polar surface area (TPSA) is 9.23 Å². The van der Waals surface area contributed by atoms with Gasteiger partial charge in [0, 0.05) is 0 Å². The smallest absolute Gasteiger partial charge is 0.426 e. The zero-order chi connectivity index (χ0) is 24.8. The molecule has 35 heavy (non-hydrogen) atoms. The molecule has 2 aromatic rings. The van der Waals surface area contributed by atoms with Gasteiger partial charge in [0.05, 0.1) is 10.6 Å². The molecule has 0 bridgehead atoms. The maximum absolute atomic E-state index is 14.5. The monoisotopic (exact) mass is 506 g/mol. The molecular formula is C30H38ClF3O. The molecule has 2 aromatic carbocycles. The van der Waals surface area contributed by atoms with Crippen molar-refractivity contribution >= 4 is 11.6 Å². The molecule has 0 radical (unpaired) electrons. The van der Waals surface area contributed by atoms with E-state index >= 15 is 0 Å². The van der Waals surface area contributed by atoms with Crippen molar-refractivity contribution in [3.05, 3.63) is 64.4 Å². The minimum atomic E-state index is -3.64. The van der Waals surface area contributed by atoms with Crippen LogP contribution in [0.25, 0.3) is 0 Å². The van der Waals surface area contributed by atoms with Gasteiger partial charge in [-0.1, -0.05) is 82.0 Å². The van der Waals surface area contributed by atoms with Crippen LogP contribution in [-0.4, -0.2) is 0 Å². The molecule has 2 saturated carbocycles. The average molecular weight is 507 g/mol. The van der Waals surface area contributed by atoms with Crippen molar-refractivity contribution in [1.29, 1.82) is 0 Å². The van der Waals surface area contributed by atoms with Crippen LogP contribution < -0.4 is 4.74 Å². The highest BCUT2D eigenvalue weighted by molar-refractivity contribution is 6.30. The molecule has 0 saturated heterocycles. The van der Waals surface area contributed by atoms with E-state index in [9.17, 15) is 13.2 Å². The Bertz CT molecular complexity index is 929. The van der Waals surface area contributed by atoms with Crippen LogP contribution in [-0.2, 0) is 6.11 Å². The Morgan fingerprint density at radius 3 is 1.89 bits per heavy atom. The summed E-state index contributed by atoms with van der Waals surface area (Å²) >= 11 is 5.60. The minimum Gasteiger partial charge on any atom is -0.429 e. The Kier molecular flexibility index (Phi) is 9.07. The summed E-state index contributed by atoms with van der Waals surface area (Å²) in [6.07, 6.45) is 12.4. The van der Waals surface area contributed by atoms with Crippen molar-refractivity contribution in [2.45, 2.75) is 96.0 Å². The normalized spacial score (nSPS) is 25.4. The van der Waals surface area contributed by atoms with Crippen LogP contribution in [0.5, 0.6) is 5.75 Å². The summed E-state index contributed by atoms with van der Waals surface area (Å²) in [6.45, 7) is 2.30. The van der Waals surface area contributed by atoms with Gasteiger partial charge < -0.3 is 4.74 Å². The molecule has 0 aliphatic heterocycles. The molecule has 0 unspecified atom stereocenters. The van der Waals surface area contributed by atoms with Gasteiger partial charge in [0.25, 0.3) is 0 Å². The molecule has 0 amide bonds. The van der Waals surface area contributed by atoms with E-state index in [0.29, 0.717) is 12.0 Å². The van der Waals surface area contributed by atoms with Crippen LogP contribution in [0.2, 0.25) is 5.02 Å². The zero-order valence-electron chi connectivity index (χ0n) is 20.8. The fourth-order valence-electron chi connectivity index (χ4n) is 6.17. The summed E-state index contributed by atoms with van der Waals surface area (Å²) < 4.78 is 47.5. The van der Waals surface area contributed by atoms with Gasteiger partial charge in [0.2, 0.25) is 0 Å². The number of halogens is 4. The third-order valence-corrected chi connectivity index (χ3v) is 8.65. The molecular weight excluding hydrogens is 469 g/mol. The summed E-state index contributed by atoms with van der Waals surface area (Å²) in [6, 6.07) is 9.89. The summed E-state index contributed by atoms with van der Waals surface area (Å²) in [7, 11) is 0. The van der Waals surface area contributed by atoms with Crippen LogP contribution in [0.4, 0.5) is 13.2 Å². The molecule has 2 aliphatic carbocycles. The van der Waals surface area contributed by atoms with Crippen LogP contribution in [0.1, 0.15) is 101 Å². The summed E-state index contributed by atoms with van der Waals surface area (Å²) in [5.41, 5.74) is 0.627. The van der Waals surface area contributed by atoms with Crippen molar-refractivity contribution in [3.63, 3.8) is 0 Å². The maximum atomic E-state index is 14.5. The number of ether oxygens (including phenoxy) is 1. The van der Waals surface area contributed by atoms with E-state index in [4.69, 9.17) is 16.3 Å². The molecule has 1 nitrogen and oxygen atoms in total. The Hall–Kier alpha value is -1.68. The molecule has 4 rings (SSSR count). The molecule has 5 heteroatoms. The van der Waals surface area contributed by atoms with Crippen molar-refractivity contribution < 1.29 is 17.9 Å². The van der Waals surface area contributed by atoms with Crippen LogP contribution in [0, 0.1) is 23.6 Å². The highest BCUT2D eigenvalue weighted by Crippen LogP contribution is 2.41. The first-order chi connectivity index (χ1) is 16.8. The number of rotatable bonds is 9. The summed E-state index contributed by atoms with van der Waals surface area (Å²) in [5.74, 6) is 2.41. The lowest BCUT2D eigenvalue weighted by Crippen LogP contribution is -2.22. The number of hydrogen-bond acceptors (Lipinski definition) is 1. The number of hydrogen-bond donors (Lipinski definition) is 0. The zero-order valence-corrected chi connectivity index (χ0v) is 21.5. The third-order valence-electron chi connectivity index (χ3n) is 8.35. The van der Waals surface area contributed by atoms with E-state index in [-0.39, 0.29) is 10.8 Å². The predicted molar refractivity (Wildman–Crippen MR) is 137 cm³/mol. The minimum absolute atomic E-state index is 0.0662. The van der Waals surface area contributed by atoms with Gasteiger partial charge in [-0.3, -0.25) is 0 Å². The Morgan fingerprint density at radius 1 is 0.800 bits per heavy atom. The molecule has 0 spiro atoms. The molecule has 192 valence electrons. The second-order valence-electron chi connectivity index (χ2n) is 10.8. The molecule has 2 aliphatic rings. The maximum Gasteiger partial charge on any atom is 0.426 e. The van der Waals surface area contributed by atoms with E-state index in [0.717, 1.165) is 42.7 Å². The predicted octanol–water partition coefficient (Wildman–Crippen LogP) is 10.3. The van der Waals surface area contributed by atoms with Gasteiger partial charge in [-0.2, -0.15) is 8.78 Å². The Morgan fingerprint density at radius 2 is 1.34 bits per heavy atom. The van der Waals surface area contributed by atoms with Gasteiger partial charge in [0.15, 0.2) is 0 Å². The van der Waals surface area contributed by atoms with Crippen LogP contribution >= 0.6 is 11.6 Å². The summed E-state index contributed by atoms with van der Waals surface area (Å²) in [4.78, 5) is 0. The van der Waals surface area contributed by atoms with Gasteiger partial charge in [0.1, 0.15) is 11.6 Å². The van der Waals surface area contributed by atoms with Crippen molar-refractivity contribution in [2.24, 2.45) is 17.8 Å². The fraction of sp³-hybridized carbons (Fsp3) is 0.600. The van der Waals surface area contributed by atoms with Crippen molar-refractivity contribution in [2.75, 3.05) is 0 Å². The second kappa shape index (κ2) is 12.0. The third kappa shape index (κ3) is 7.18. The lowest BCUT2D eigenvalue weighted by Gasteiger charge is -2.32. The van der Waals surface area contributed by atoms with Crippen molar-refractivity contribution in [3.8, 4) is 5.75 Å². The van der Waals surface area contributed by atoms with Crippen molar-refractivity contribution in [1.82, 2.24) is 0 Å². The van der Waals surface area contributed by atoms with Gasteiger partial charge in [-0.15, -0.1) is 0 Å². The van der Waals surface area contributed by atoms with E-state index in [1.54, 1.807) is 12.1 Å². The lowest BCUT2D eigenvalue weighted by molar-refractivity contribution is -0.185. The van der Waals surface area contributed by atoms with E-state index < -0.39 is 17.5 Å². The molecule has 0 aromatic heterocycles. The van der Waals surface area contributed by atoms with E-state index in [1.165, 1.54) is 69.8 Å². The highest BCUT2D eigenvalue weighted by atomic mass is 35.5. The number of benzene rings is 2. The highest BCUT2D eigenvalue weighted by Gasteiger charge is 2.35. The molecule has 0 heterocycles. The van der Waals surface area contributed by atoms with Crippen LogP contribution in [0.15, 0.2) is 42.5 Å². The molecule has 2 fully saturated rings. The Labute approximate surface area is 213 Å². The second-order valence-corrected chi connectivity index (χ2v) is 11.2. The fourth-order valence-corrected chi connectivity index (χ4v) is 6.28. The first kappa shape index (κ1) is 26.4. The number of alkyl halides is 2. The lowest BCUT2D eigenvalue weighted by atomic mass is 9.74. The molecule has 0 N–H and O–H groups in total. The summed E-state index contributed by atoms with van der Waals surface area (Å²) in [5, 5.41) is -0.196. The van der Waals surface area contributed by atoms with Gasteiger partial charge in [-0.25, -0.2) is 4.39 Å². The van der Waals surface area contributed by atoms with Gasteiger partial charge >= 0.3 is 6.11 Å². The first-order valence-electron chi connectivity index (χ1n) is 13.5. The van der Waals surface area contributed by atoms with E-state index in [2.05, 4.69) is 6.92 Å². The SMILES string of the molecule is CCCC1CCC(CCC2CCC(c3ccc(OC(F)(F)c4ccc(Cl)c(F)c4)cc3)CC2)CC1.